The molecule has 0 unspecified atom stereocenters. The molecule has 2 rings (SSSR count). The Morgan fingerprint density at radius 1 is 1.43 bits per heavy atom. The van der Waals surface area contributed by atoms with Gasteiger partial charge in [-0.25, -0.2) is 9.67 Å². The summed E-state index contributed by atoms with van der Waals surface area (Å²) in [5, 5.41) is 4.22. The Bertz CT molecular complexity index is 433. The lowest BCUT2D eigenvalue weighted by Crippen LogP contribution is -1.99. The molecule has 0 radical (unpaired) electrons. The second-order valence-electron chi connectivity index (χ2n) is 3.11. The average molecular weight is 188 g/mol. The van der Waals surface area contributed by atoms with E-state index < -0.39 is 0 Å². The van der Waals surface area contributed by atoms with Crippen LogP contribution in [0.25, 0.3) is 5.69 Å². The molecule has 0 saturated carbocycles. The van der Waals surface area contributed by atoms with E-state index in [-0.39, 0.29) is 0 Å². The van der Waals surface area contributed by atoms with E-state index in [1.54, 1.807) is 11.0 Å². The second-order valence-corrected chi connectivity index (χ2v) is 3.11. The summed E-state index contributed by atoms with van der Waals surface area (Å²) < 4.78 is 1.74. The topological polar surface area (TPSA) is 56.7 Å². The van der Waals surface area contributed by atoms with Gasteiger partial charge in [0.2, 0.25) is 0 Å². The van der Waals surface area contributed by atoms with Crippen molar-refractivity contribution in [1.29, 1.82) is 0 Å². The summed E-state index contributed by atoms with van der Waals surface area (Å²) in [5.74, 6) is 0.767. The molecular formula is C10H12N4. The molecule has 0 spiro atoms. The van der Waals surface area contributed by atoms with Crippen molar-refractivity contribution in [2.75, 3.05) is 0 Å². The van der Waals surface area contributed by atoms with Crippen LogP contribution in [-0.4, -0.2) is 14.8 Å². The molecule has 0 aliphatic rings. The SMILES string of the molecule is Cc1ncn(-c2cccc(CN)c2)n1. The van der Waals surface area contributed by atoms with Crippen molar-refractivity contribution >= 4 is 0 Å². The minimum Gasteiger partial charge on any atom is -0.326 e. The van der Waals surface area contributed by atoms with Gasteiger partial charge in [-0.1, -0.05) is 12.1 Å². The summed E-state index contributed by atoms with van der Waals surface area (Å²) in [4.78, 5) is 4.07. The minimum atomic E-state index is 0.543. The van der Waals surface area contributed by atoms with Crippen molar-refractivity contribution in [3.63, 3.8) is 0 Å². The number of hydrogen-bond donors (Lipinski definition) is 1. The highest BCUT2D eigenvalue weighted by atomic mass is 15.3. The zero-order valence-electron chi connectivity index (χ0n) is 8.01. The number of rotatable bonds is 2. The molecule has 14 heavy (non-hydrogen) atoms. The Hall–Kier alpha value is -1.68. The van der Waals surface area contributed by atoms with E-state index in [0.717, 1.165) is 17.1 Å². The van der Waals surface area contributed by atoms with Gasteiger partial charge in [0.25, 0.3) is 0 Å². The molecule has 0 bridgehead atoms. The van der Waals surface area contributed by atoms with Gasteiger partial charge in [-0.2, -0.15) is 5.10 Å². The fourth-order valence-electron chi connectivity index (χ4n) is 1.30. The monoisotopic (exact) mass is 188 g/mol. The molecule has 0 amide bonds. The molecular weight excluding hydrogens is 176 g/mol. The van der Waals surface area contributed by atoms with Crippen molar-refractivity contribution in [3.8, 4) is 5.69 Å². The van der Waals surface area contributed by atoms with Crippen molar-refractivity contribution in [1.82, 2.24) is 14.8 Å². The third-order valence-electron chi connectivity index (χ3n) is 2.02. The van der Waals surface area contributed by atoms with Gasteiger partial charge in [-0.05, 0) is 24.6 Å². The molecule has 0 aliphatic carbocycles. The maximum absolute atomic E-state index is 5.56. The lowest BCUT2D eigenvalue weighted by Gasteiger charge is -2.02. The van der Waals surface area contributed by atoms with E-state index in [1.807, 2.05) is 31.2 Å². The first-order chi connectivity index (χ1) is 6.79. The molecule has 0 atom stereocenters. The van der Waals surface area contributed by atoms with Crippen LogP contribution in [0.2, 0.25) is 0 Å². The van der Waals surface area contributed by atoms with Crippen LogP contribution in [0.15, 0.2) is 30.6 Å². The zero-order chi connectivity index (χ0) is 9.97. The van der Waals surface area contributed by atoms with Crippen LogP contribution in [0.4, 0.5) is 0 Å². The molecule has 1 aromatic heterocycles. The van der Waals surface area contributed by atoms with Gasteiger partial charge >= 0.3 is 0 Å². The van der Waals surface area contributed by atoms with Crippen molar-refractivity contribution < 1.29 is 0 Å². The minimum absolute atomic E-state index is 0.543. The van der Waals surface area contributed by atoms with Gasteiger partial charge in [0.1, 0.15) is 12.2 Å². The number of benzene rings is 1. The largest absolute Gasteiger partial charge is 0.326 e. The van der Waals surface area contributed by atoms with Crippen LogP contribution in [0.1, 0.15) is 11.4 Å². The Labute approximate surface area is 82.4 Å². The van der Waals surface area contributed by atoms with Crippen molar-refractivity contribution in [2.24, 2.45) is 5.73 Å². The normalized spacial score (nSPS) is 10.4. The zero-order valence-corrected chi connectivity index (χ0v) is 8.01. The Morgan fingerprint density at radius 2 is 2.29 bits per heavy atom. The summed E-state index contributed by atoms with van der Waals surface area (Å²) in [7, 11) is 0. The molecule has 1 aromatic carbocycles. The molecule has 2 N–H and O–H groups in total. The Kier molecular flexibility index (Phi) is 2.28. The first-order valence-corrected chi connectivity index (χ1v) is 4.47. The predicted octanol–water partition coefficient (Wildman–Crippen LogP) is 1.03. The molecule has 2 aromatic rings. The van der Waals surface area contributed by atoms with Crippen LogP contribution < -0.4 is 5.73 Å². The summed E-state index contributed by atoms with van der Waals surface area (Å²) in [6.07, 6.45) is 1.70. The first kappa shape index (κ1) is 8.90. The van der Waals surface area contributed by atoms with Crippen LogP contribution in [0, 0.1) is 6.92 Å². The van der Waals surface area contributed by atoms with Crippen molar-refractivity contribution in [2.45, 2.75) is 13.5 Å². The van der Waals surface area contributed by atoms with Crippen LogP contribution in [0.5, 0.6) is 0 Å². The van der Waals surface area contributed by atoms with Gasteiger partial charge in [-0.15, -0.1) is 0 Å². The standard InChI is InChI=1S/C10H12N4/c1-8-12-7-14(13-8)10-4-2-3-9(5-10)6-11/h2-5,7H,6,11H2,1H3. The van der Waals surface area contributed by atoms with E-state index in [4.69, 9.17) is 5.73 Å². The summed E-state index contributed by atoms with van der Waals surface area (Å²) in [5.41, 5.74) is 7.64. The van der Waals surface area contributed by atoms with Gasteiger partial charge in [0.15, 0.2) is 0 Å². The van der Waals surface area contributed by atoms with Gasteiger partial charge in [0, 0.05) is 6.54 Å². The molecule has 72 valence electrons. The Morgan fingerprint density at radius 3 is 2.93 bits per heavy atom. The fourth-order valence-corrected chi connectivity index (χ4v) is 1.30. The lowest BCUT2D eigenvalue weighted by molar-refractivity contribution is 0.859. The van der Waals surface area contributed by atoms with Crippen LogP contribution in [0.3, 0.4) is 0 Å². The first-order valence-electron chi connectivity index (χ1n) is 4.47. The Balaban J connectivity index is 2.41. The molecule has 0 fully saturated rings. The quantitative estimate of drug-likeness (QED) is 0.766. The number of nitrogens with zero attached hydrogens (tertiary/aromatic N) is 3. The highest BCUT2D eigenvalue weighted by molar-refractivity contribution is 5.34. The molecule has 1 heterocycles. The van der Waals surface area contributed by atoms with Gasteiger partial charge in [-0.3, -0.25) is 0 Å². The van der Waals surface area contributed by atoms with Gasteiger partial charge in [0.05, 0.1) is 5.69 Å². The summed E-state index contributed by atoms with van der Waals surface area (Å²) in [6, 6.07) is 7.95. The second kappa shape index (κ2) is 3.59. The molecule has 4 nitrogen and oxygen atoms in total. The highest BCUT2D eigenvalue weighted by Crippen LogP contribution is 2.08. The van der Waals surface area contributed by atoms with E-state index in [1.165, 1.54) is 0 Å². The number of aromatic nitrogens is 3. The fraction of sp³-hybridized carbons (Fsp3) is 0.200. The van der Waals surface area contributed by atoms with E-state index in [2.05, 4.69) is 10.1 Å². The maximum atomic E-state index is 5.56. The van der Waals surface area contributed by atoms with E-state index >= 15 is 0 Å². The number of hydrogen-bond acceptors (Lipinski definition) is 3. The predicted molar refractivity (Wildman–Crippen MR) is 54.0 cm³/mol. The third-order valence-corrected chi connectivity index (χ3v) is 2.02. The average Bonchev–Trinajstić information content (AvgIpc) is 2.65. The maximum Gasteiger partial charge on any atom is 0.147 e. The smallest absolute Gasteiger partial charge is 0.147 e. The van der Waals surface area contributed by atoms with E-state index in [0.29, 0.717) is 6.54 Å². The number of nitrogens with two attached hydrogens (primary N) is 1. The highest BCUT2D eigenvalue weighted by Gasteiger charge is 1.99. The summed E-state index contributed by atoms with van der Waals surface area (Å²) >= 11 is 0. The van der Waals surface area contributed by atoms with Gasteiger partial charge < -0.3 is 5.73 Å². The molecule has 0 aliphatic heterocycles. The number of aryl methyl sites for hydroxylation is 1. The lowest BCUT2D eigenvalue weighted by atomic mass is 10.2. The van der Waals surface area contributed by atoms with Crippen LogP contribution in [-0.2, 0) is 6.54 Å². The van der Waals surface area contributed by atoms with Crippen molar-refractivity contribution in [3.05, 3.63) is 42.0 Å². The molecule has 0 saturated heterocycles. The van der Waals surface area contributed by atoms with E-state index in [9.17, 15) is 0 Å². The van der Waals surface area contributed by atoms with Crippen LogP contribution >= 0.6 is 0 Å². The summed E-state index contributed by atoms with van der Waals surface area (Å²) in [6.45, 7) is 2.41. The third kappa shape index (κ3) is 1.65. The molecule has 4 heteroatoms.